The molecule has 0 aromatic heterocycles. The molecule has 3 saturated heterocycles. The van der Waals surface area contributed by atoms with E-state index in [2.05, 4.69) is 38.7 Å². The maximum atomic E-state index is 14.0. The lowest BCUT2D eigenvalue weighted by molar-refractivity contribution is -0.304. The third kappa shape index (κ3) is 13.9. The van der Waals surface area contributed by atoms with Crippen LogP contribution in [0.3, 0.4) is 0 Å². The summed E-state index contributed by atoms with van der Waals surface area (Å²) in [5, 5.41) is 34.7. The predicted octanol–water partition coefficient (Wildman–Crippen LogP) is 5.12. The van der Waals surface area contributed by atoms with E-state index in [0.29, 0.717) is 24.7 Å². The van der Waals surface area contributed by atoms with Gasteiger partial charge in [-0.1, -0.05) is 59.3 Å². The molecule has 0 amide bonds. The SMILES string of the molecule is CC[C@H]1OC(=O)C[C@@H](O)[C@H](C)[C@@H](OC2OC(C)C(C)C(N(C)C)C2O)[C@@H](CCN2CC(C)CC(C)C2)C[C@@H](C)C(=NC)/C=C/C(C)=C/C1COC1OC(C)C(O)C(OC)C1OC. The summed E-state index contributed by atoms with van der Waals surface area (Å²) in [6.07, 6.45) is 1.06. The Morgan fingerprint density at radius 2 is 1.50 bits per heavy atom. The van der Waals surface area contributed by atoms with E-state index in [-0.39, 0.29) is 42.9 Å². The summed E-state index contributed by atoms with van der Waals surface area (Å²) in [7, 11) is 8.79. The smallest absolute Gasteiger partial charge is 0.308 e. The molecular weight excluding hydrogens is 795 g/mol. The first-order chi connectivity index (χ1) is 29.3. The maximum absolute atomic E-state index is 14.0. The van der Waals surface area contributed by atoms with Crippen LogP contribution in [0.1, 0.15) is 94.4 Å². The molecule has 3 N–H and O–H groups in total. The van der Waals surface area contributed by atoms with E-state index in [1.54, 1.807) is 6.92 Å². The van der Waals surface area contributed by atoms with Crippen molar-refractivity contribution in [2.24, 2.45) is 46.4 Å². The number of aliphatic hydroxyl groups is 3. The molecule has 0 aromatic carbocycles. The van der Waals surface area contributed by atoms with Gasteiger partial charge in [-0.25, -0.2) is 0 Å². The molecule has 0 spiro atoms. The molecule has 13 unspecified atom stereocenters. The van der Waals surface area contributed by atoms with Crippen LogP contribution in [0.2, 0.25) is 0 Å². The summed E-state index contributed by atoms with van der Waals surface area (Å²) in [6, 6.07) is -0.205. The zero-order valence-corrected chi connectivity index (χ0v) is 40.5. The first-order valence-corrected chi connectivity index (χ1v) is 23.4. The topological polar surface area (TPSA) is 161 Å². The molecule has 4 aliphatic heterocycles. The van der Waals surface area contributed by atoms with Gasteiger partial charge in [-0.05, 0) is 96.8 Å². The van der Waals surface area contributed by atoms with Crippen molar-refractivity contribution in [3.05, 3.63) is 23.8 Å². The number of rotatable bonds is 12. The third-order valence-corrected chi connectivity index (χ3v) is 14.2. The predicted molar refractivity (Wildman–Crippen MR) is 241 cm³/mol. The number of nitrogens with zero attached hydrogens (tertiary/aromatic N) is 3. The Balaban J connectivity index is 1.71. The Hall–Kier alpha value is -1.82. The molecule has 0 bridgehead atoms. The fraction of sp³-hybridized carbons (Fsp3) is 0.875. The van der Waals surface area contributed by atoms with Crippen LogP contribution < -0.4 is 0 Å². The van der Waals surface area contributed by atoms with Gasteiger partial charge in [0.1, 0.15) is 30.5 Å². The highest BCUT2D eigenvalue weighted by Gasteiger charge is 2.47. The van der Waals surface area contributed by atoms with Gasteiger partial charge in [0.05, 0.1) is 37.4 Å². The average molecular weight is 880 g/mol. The van der Waals surface area contributed by atoms with Gasteiger partial charge in [-0.2, -0.15) is 0 Å². The molecule has 62 heavy (non-hydrogen) atoms. The van der Waals surface area contributed by atoms with Crippen LogP contribution >= 0.6 is 0 Å². The number of aliphatic imine (C=N–C) groups is 1. The van der Waals surface area contributed by atoms with Crippen molar-refractivity contribution >= 4 is 11.7 Å². The minimum atomic E-state index is -1.12. The van der Waals surface area contributed by atoms with Crippen LogP contribution in [-0.4, -0.2) is 172 Å². The molecular formula is C48H85N3O11. The fourth-order valence-corrected chi connectivity index (χ4v) is 10.6. The highest BCUT2D eigenvalue weighted by Crippen LogP contribution is 2.37. The third-order valence-electron chi connectivity index (χ3n) is 14.2. The number of carbonyl (C=O) groups excluding carboxylic acids is 1. The summed E-state index contributed by atoms with van der Waals surface area (Å²) in [5.74, 6) is -0.276. The highest BCUT2D eigenvalue weighted by atomic mass is 16.7. The normalized spacial score (nSPS) is 44.5. The lowest BCUT2D eigenvalue weighted by Crippen LogP contribution is -2.60. The maximum Gasteiger partial charge on any atom is 0.308 e. The van der Waals surface area contributed by atoms with Crippen molar-refractivity contribution in [1.82, 2.24) is 9.80 Å². The van der Waals surface area contributed by atoms with Gasteiger partial charge in [0.2, 0.25) is 0 Å². The van der Waals surface area contributed by atoms with Gasteiger partial charge >= 0.3 is 5.97 Å². The number of cyclic esters (lactones) is 1. The number of piperidine rings is 1. The lowest BCUT2D eigenvalue weighted by Gasteiger charge is -2.47. The quantitative estimate of drug-likeness (QED) is 0.222. The van der Waals surface area contributed by atoms with Crippen LogP contribution in [0, 0.1) is 41.4 Å². The van der Waals surface area contributed by atoms with Crippen molar-refractivity contribution in [1.29, 1.82) is 0 Å². The van der Waals surface area contributed by atoms with Gasteiger partial charge < -0.3 is 58.3 Å². The first-order valence-electron chi connectivity index (χ1n) is 23.4. The molecule has 3 fully saturated rings. The highest BCUT2D eigenvalue weighted by molar-refractivity contribution is 5.96. The van der Waals surface area contributed by atoms with E-state index >= 15 is 0 Å². The summed E-state index contributed by atoms with van der Waals surface area (Å²) in [4.78, 5) is 23.3. The molecule has 14 heteroatoms. The van der Waals surface area contributed by atoms with E-state index in [0.717, 1.165) is 37.3 Å². The molecule has 4 heterocycles. The molecule has 0 saturated carbocycles. The van der Waals surface area contributed by atoms with E-state index in [1.165, 1.54) is 20.6 Å². The van der Waals surface area contributed by atoms with Crippen LogP contribution in [-0.2, 0) is 38.0 Å². The number of hydrogen-bond donors (Lipinski definition) is 3. The molecule has 0 aromatic rings. The molecule has 19 atom stereocenters. The minimum absolute atomic E-state index is 0.00949. The van der Waals surface area contributed by atoms with E-state index in [4.69, 9.17) is 38.2 Å². The molecule has 4 rings (SSSR count). The molecule has 0 radical (unpaired) electrons. The lowest BCUT2D eigenvalue weighted by atomic mass is 9.79. The monoisotopic (exact) mass is 880 g/mol. The van der Waals surface area contributed by atoms with Crippen LogP contribution in [0.15, 0.2) is 28.8 Å². The van der Waals surface area contributed by atoms with E-state index in [1.807, 2.05) is 65.9 Å². The molecule has 4 aliphatic rings. The number of methoxy groups -OCH3 is 2. The number of aliphatic hydroxyl groups excluding tert-OH is 3. The van der Waals surface area contributed by atoms with Gasteiger partial charge in [0.15, 0.2) is 12.6 Å². The van der Waals surface area contributed by atoms with Gasteiger partial charge in [-0.15, -0.1) is 0 Å². The zero-order chi connectivity index (χ0) is 46.0. The zero-order valence-electron chi connectivity index (χ0n) is 40.5. The second kappa shape index (κ2) is 24.6. The second-order valence-corrected chi connectivity index (χ2v) is 19.6. The number of likely N-dealkylation sites (N-methyl/N-ethyl adjacent to an activating group) is 1. The van der Waals surface area contributed by atoms with Crippen molar-refractivity contribution in [2.45, 2.75) is 168 Å². The fourth-order valence-electron chi connectivity index (χ4n) is 10.6. The van der Waals surface area contributed by atoms with Crippen LogP contribution in [0.5, 0.6) is 0 Å². The van der Waals surface area contributed by atoms with Crippen LogP contribution in [0.4, 0.5) is 0 Å². The summed E-state index contributed by atoms with van der Waals surface area (Å²) in [6.45, 7) is 21.6. The number of ether oxygens (including phenoxy) is 7. The Morgan fingerprint density at radius 3 is 2.10 bits per heavy atom. The molecule has 0 aliphatic carbocycles. The average Bonchev–Trinajstić information content (AvgIpc) is 3.21. The van der Waals surface area contributed by atoms with Crippen molar-refractivity contribution in [3.63, 3.8) is 0 Å². The van der Waals surface area contributed by atoms with Gasteiger partial charge in [0.25, 0.3) is 0 Å². The standard InChI is InChI=1S/C48H85N3O11/c1-15-39-36(26-58-48-46(57-14)45(56-13)42(54)34(9)60-48)21-27(2)16-17-37(49-10)30(5)22-35(18-19-51-24-28(3)20-29(4)25-51)44(32(7)38(52)23-40(53)61-39)62-47-43(55)41(50(11)12)31(6)33(8)59-47/h16-17,21,28-36,38-39,41-48,52,54-55H,15,18-20,22-26H2,1-14H3/b17-16+,27-21+,49-37?/t28?,29?,30-,31?,32+,33?,34?,35+,36?,38-,39-,41?,42?,43?,44-,45?,46?,47?,48?/m1/s1. The minimum Gasteiger partial charge on any atom is -0.462 e. The number of hydrogen-bond acceptors (Lipinski definition) is 14. The number of carbonyl (C=O) groups is 1. The molecule has 358 valence electrons. The van der Waals surface area contributed by atoms with Gasteiger partial charge in [0, 0.05) is 63.9 Å². The number of allylic oxidation sites excluding steroid dienone is 3. The summed E-state index contributed by atoms with van der Waals surface area (Å²) >= 11 is 0. The summed E-state index contributed by atoms with van der Waals surface area (Å²) < 4.78 is 43.5. The van der Waals surface area contributed by atoms with Crippen molar-refractivity contribution in [3.8, 4) is 0 Å². The Morgan fingerprint density at radius 1 is 0.855 bits per heavy atom. The van der Waals surface area contributed by atoms with E-state index in [9.17, 15) is 20.1 Å². The number of likely N-dealkylation sites (tertiary alicyclic amines) is 1. The Bertz CT molecular complexity index is 1450. The second-order valence-electron chi connectivity index (χ2n) is 19.6. The number of esters is 1. The van der Waals surface area contributed by atoms with Crippen LogP contribution in [0.25, 0.3) is 0 Å². The Kier molecular flexibility index (Phi) is 21.0. The largest absolute Gasteiger partial charge is 0.462 e. The van der Waals surface area contributed by atoms with Gasteiger partial charge in [-0.3, -0.25) is 9.79 Å². The van der Waals surface area contributed by atoms with Crippen molar-refractivity contribution < 1.29 is 53.3 Å². The molecule has 14 nitrogen and oxygen atoms in total. The summed E-state index contributed by atoms with van der Waals surface area (Å²) in [5.41, 5.74) is 1.86. The first kappa shape index (κ1) is 52.8. The Labute approximate surface area is 373 Å². The van der Waals surface area contributed by atoms with Crippen molar-refractivity contribution in [2.75, 3.05) is 61.6 Å². The van der Waals surface area contributed by atoms with E-state index < -0.39 is 79.2 Å².